The number of carbonyl (C=O) groups is 3. The number of aliphatic hydroxyl groups excluding tert-OH is 2. The van der Waals surface area contributed by atoms with E-state index in [1.807, 2.05) is 20.8 Å². The van der Waals surface area contributed by atoms with Gasteiger partial charge in [0.05, 0.1) is 35.2 Å². The van der Waals surface area contributed by atoms with Crippen LogP contribution in [0.25, 0.3) is 5.76 Å². The van der Waals surface area contributed by atoms with Crippen molar-refractivity contribution in [3.63, 3.8) is 0 Å². The number of carboxylic acid groups (broad SMARTS) is 1. The third kappa shape index (κ3) is 6.09. The molecule has 15 heteroatoms. The highest BCUT2D eigenvalue weighted by Crippen LogP contribution is 2.54. The Bertz CT molecular complexity index is 1560. The minimum Gasteiger partial charge on any atom is -0.507 e. The number of nitrogens with zero attached hydrogens (tertiary/aromatic N) is 2. The quantitative estimate of drug-likeness (QED) is 0.141. The van der Waals surface area contributed by atoms with Crippen molar-refractivity contribution in [3.8, 4) is 23.0 Å². The van der Waals surface area contributed by atoms with E-state index in [0.717, 1.165) is 0 Å². The number of aromatic hydroxyl groups is 4. The Balaban J connectivity index is 2.27. The number of anilines is 3. The molecule has 240 valence electrons. The minimum absolute atomic E-state index is 0.0843. The number of amides is 2. The summed E-state index contributed by atoms with van der Waals surface area (Å²) in [6, 6.07) is 1.35. The molecule has 0 radical (unpaired) electrons. The third-order valence-corrected chi connectivity index (χ3v) is 7.24. The number of nitrogens with two attached hydrogens (primary N) is 1. The van der Waals surface area contributed by atoms with Crippen LogP contribution in [0.2, 0.25) is 0 Å². The number of hydrogen-bond acceptors (Lipinski definition) is 12. The molecule has 2 amide bonds. The van der Waals surface area contributed by atoms with Gasteiger partial charge in [0.1, 0.15) is 11.3 Å². The first-order valence-corrected chi connectivity index (χ1v) is 13.4. The number of primary amides is 1. The van der Waals surface area contributed by atoms with E-state index in [2.05, 4.69) is 10.6 Å². The lowest BCUT2D eigenvalue weighted by Crippen LogP contribution is -2.41. The number of aliphatic carboxylic acids is 1. The number of aliphatic hydroxyl groups is 2. The molecule has 0 saturated carbocycles. The van der Waals surface area contributed by atoms with Crippen molar-refractivity contribution in [1.29, 1.82) is 0 Å². The Morgan fingerprint density at radius 3 is 2.00 bits per heavy atom. The monoisotopic (exact) mass is 617 g/mol. The number of phenols is 4. The summed E-state index contributed by atoms with van der Waals surface area (Å²) in [5.74, 6) is -9.36. The van der Waals surface area contributed by atoms with Crippen molar-refractivity contribution in [2.75, 3.05) is 49.9 Å². The molecule has 0 aliphatic heterocycles. The van der Waals surface area contributed by atoms with E-state index in [1.165, 1.54) is 30.0 Å². The molecule has 0 saturated heterocycles. The molecule has 1 aliphatic carbocycles. The molecule has 0 spiro atoms. The zero-order valence-corrected chi connectivity index (χ0v) is 25.5. The van der Waals surface area contributed by atoms with Gasteiger partial charge in [-0.2, -0.15) is 0 Å². The number of benzene rings is 2. The van der Waals surface area contributed by atoms with Crippen molar-refractivity contribution < 1.29 is 50.1 Å². The van der Waals surface area contributed by atoms with Crippen LogP contribution in [-0.2, 0) is 16.0 Å². The SMILES string of the molecule is CN(C)c1cc(NC(=O)CNC(C)(C)C)c(O)c2c1C(O)[C@@H](Cc1c(O)c(O)c(C(N)=O)c(O)c1N(C)C)C(C(=O)O)=C2O. The second-order valence-electron chi connectivity index (χ2n) is 12.0. The van der Waals surface area contributed by atoms with Crippen LogP contribution in [0.4, 0.5) is 17.1 Å². The molecule has 0 aromatic heterocycles. The first-order chi connectivity index (χ1) is 20.2. The van der Waals surface area contributed by atoms with Crippen LogP contribution in [0.3, 0.4) is 0 Å². The predicted octanol–water partition coefficient (Wildman–Crippen LogP) is 1.33. The molecular formula is C29H39N5O10. The van der Waals surface area contributed by atoms with Gasteiger partial charge in [-0.25, -0.2) is 4.79 Å². The molecule has 3 rings (SSSR count). The number of fused-ring (bicyclic) bond motifs is 1. The highest BCUT2D eigenvalue weighted by Gasteiger charge is 2.43. The largest absolute Gasteiger partial charge is 0.507 e. The van der Waals surface area contributed by atoms with Gasteiger partial charge in [-0.3, -0.25) is 9.59 Å². The first kappa shape index (κ1) is 33.6. The van der Waals surface area contributed by atoms with E-state index < -0.39 is 87.2 Å². The molecule has 2 aromatic rings. The zero-order chi connectivity index (χ0) is 33.6. The molecule has 2 aromatic carbocycles. The van der Waals surface area contributed by atoms with E-state index in [4.69, 9.17) is 5.73 Å². The maximum atomic E-state index is 12.7. The number of rotatable bonds is 9. The Labute approximate surface area is 253 Å². The van der Waals surface area contributed by atoms with Crippen molar-refractivity contribution >= 4 is 40.6 Å². The van der Waals surface area contributed by atoms with Crippen molar-refractivity contribution in [3.05, 3.63) is 33.9 Å². The molecule has 0 bridgehead atoms. The Morgan fingerprint density at radius 2 is 1.52 bits per heavy atom. The van der Waals surface area contributed by atoms with E-state index in [1.54, 1.807) is 14.1 Å². The van der Waals surface area contributed by atoms with Crippen LogP contribution < -0.4 is 26.2 Å². The fraction of sp³-hybridized carbons (Fsp3) is 0.414. The van der Waals surface area contributed by atoms with Gasteiger partial charge in [-0.1, -0.05) is 0 Å². The van der Waals surface area contributed by atoms with Gasteiger partial charge < -0.3 is 61.9 Å². The summed E-state index contributed by atoms with van der Waals surface area (Å²) in [4.78, 5) is 39.9. The van der Waals surface area contributed by atoms with Crippen LogP contribution in [0, 0.1) is 5.92 Å². The van der Waals surface area contributed by atoms with Gasteiger partial charge in [0.25, 0.3) is 5.91 Å². The lowest BCUT2D eigenvalue weighted by molar-refractivity contribution is -0.134. The molecule has 44 heavy (non-hydrogen) atoms. The second-order valence-corrected chi connectivity index (χ2v) is 12.0. The Kier molecular flexibility index (Phi) is 9.17. The number of carbonyl (C=O) groups excluding carboxylic acids is 2. The van der Waals surface area contributed by atoms with Gasteiger partial charge in [0.15, 0.2) is 23.0 Å². The van der Waals surface area contributed by atoms with Crippen molar-refractivity contribution in [1.82, 2.24) is 5.32 Å². The molecule has 11 N–H and O–H groups in total. The molecule has 1 aliphatic rings. The Morgan fingerprint density at radius 1 is 0.932 bits per heavy atom. The summed E-state index contributed by atoms with van der Waals surface area (Å²) in [5, 5.41) is 82.1. The highest BCUT2D eigenvalue weighted by atomic mass is 16.4. The van der Waals surface area contributed by atoms with Crippen LogP contribution >= 0.6 is 0 Å². The van der Waals surface area contributed by atoms with Gasteiger partial charge in [0.2, 0.25) is 5.91 Å². The van der Waals surface area contributed by atoms with Crippen molar-refractivity contribution in [2.24, 2.45) is 11.7 Å². The van der Waals surface area contributed by atoms with Gasteiger partial charge in [-0.05, 0) is 33.3 Å². The second kappa shape index (κ2) is 12.0. The van der Waals surface area contributed by atoms with E-state index in [9.17, 15) is 50.1 Å². The van der Waals surface area contributed by atoms with E-state index in [-0.39, 0.29) is 34.7 Å². The number of hydrogen-bond donors (Lipinski definition) is 10. The summed E-state index contributed by atoms with van der Waals surface area (Å²) < 4.78 is 0. The van der Waals surface area contributed by atoms with Crippen molar-refractivity contribution in [2.45, 2.75) is 38.8 Å². The summed E-state index contributed by atoms with van der Waals surface area (Å²) in [7, 11) is 6.05. The van der Waals surface area contributed by atoms with E-state index >= 15 is 0 Å². The average Bonchev–Trinajstić information content (AvgIpc) is 2.88. The van der Waals surface area contributed by atoms with Crippen LogP contribution in [-0.4, -0.2) is 93.8 Å². The van der Waals surface area contributed by atoms with Gasteiger partial charge in [0, 0.05) is 56.5 Å². The normalized spacial score (nSPS) is 16.4. The first-order valence-electron chi connectivity index (χ1n) is 13.4. The number of phenolic OH excluding ortho intramolecular Hbond substituents is 2. The zero-order valence-electron chi connectivity index (χ0n) is 25.5. The lowest BCUT2D eigenvalue weighted by atomic mass is 9.75. The molecule has 1 unspecified atom stereocenters. The van der Waals surface area contributed by atoms with Crippen LogP contribution in [0.1, 0.15) is 53.9 Å². The molecule has 0 fully saturated rings. The lowest BCUT2D eigenvalue weighted by Gasteiger charge is -2.35. The molecule has 0 heterocycles. The highest BCUT2D eigenvalue weighted by molar-refractivity contribution is 6.03. The molecular weight excluding hydrogens is 578 g/mol. The predicted molar refractivity (Wildman–Crippen MR) is 162 cm³/mol. The summed E-state index contributed by atoms with van der Waals surface area (Å²) >= 11 is 0. The summed E-state index contributed by atoms with van der Waals surface area (Å²) in [6.45, 7) is 5.43. The van der Waals surface area contributed by atoms with Crippen LogP contribution in [0.15, 0.2) is 11.6 Å². The maximum absolute atomic E-state index is 12.7. The molecule has 15 nitrogen and oxygen atoms in total. The summed E-state index contributed by atoms with van der Waals surface area (Å²) in [6.07, 6.45) is -2.34. The van der Waals surface area contributed by atoms with E-state index in [0.29, 0.717) is 0 Å². The third-order valence-electron chi connectivity index (χ3n) is 7.24. The fourth-order valence-electron chi connectivity index (χ4n) is 5.24. The topological polar surface area (TPSA) is 249 Å². The number of nitrogens with one attached hydrogen (secondary N) is 2. The molecule has 2 atom stereocenters. The maximum Gasteiger partial charge on any atom is 0.335 e. The Hall–Kier alpha value is -4.89. The minimum atomic E-state index is -1.75. The smallest absolute Gasteiger partial charge is 0.335 e. The average molecular weight is 618 g/mol. The van der Waals surface area contributed by atoms with Crippen LogP contribution in [0.5, 0.6) is 23.0 Å². The van der Waals surface area contributed by atoms with Gasteiger partial charge >= 0.3 is 5.97 Å². The van der Waals surface area contributed by atoms with Gasteiger partial charge in [-0.15, -0.1) is 0 Å². The standard InChI is InChI=1S/C29H39N5O10/c1-29(2,3)31-10-15(35)32-13-9-14(33(4)5)17-18(23(13)38)24(39)16(28(43)44)11(21(17)36)8-12-20(34(6)7)25(40)19(27(30)42)26(41)22(12)37/h9,11,21,31,36-41H,8,10H2,1-7H3,(H2,30,42)(H,32,35)(H,43,44)/t11-,21?/m0/s1. The fourth-order valence-corrected chi connectivity index (χ4v) is 5.24. The number of carboxylic acids is 1. The summed E-state index contributed by atoms with van der Waals surface area (Å²) in [5.41, 5.74) is 2.43.